The van der Waals surface area contributed by atoms with E-state index in [4.69, 9.17) is 23.7 Å². The van der Waals surface area contributed by atoms with E-state index in [0.717, 1.165) is 0 Å². The van der Waals surface area contributed by atoms with E-state index >= 15 is 0 Å². The van der Waals surface area contributed by atoms with Crippen molar-refractivity contribution in [1.82, 2.24) is 10.2 Å². The minimum Gasteiger partial charge on any atom is -0.496 e. The highest BCUT2D eigenvalue weighted by Gasteiger charge is 2.40. The van der Waals surface area contributed by atoms with Gasteiger partial charge in [-0.1, -0.05) is 0 Å². The number of amides is 2. The molecule has 0 saturated carbocycles. The number of hydrogen-bond donors (Lipinski definition) is 1. The van der Waals surface area contributed by atoms with Crippen molar-refractivity contribution < 1.29 is 28.5 Å². The lowest BCUT2D eigenvalue weighted by Crippen LogP contribution is -2.50. The fraction of sp³-hybridized carbons (Fsp3) is 0.611. The Morgan fingerprint density at radius 2 is 1.65 bits per heavy atom. The number of hydrogen-bond acceptors (Lipinski definition) is 6. The number of carbonyl (C=O) groups excluding carboxylic acids is 1. The van der Waals surface area contributed by atoms with Gasteiger partial charge in [-0.2, -0.15) is 0 Å². The number of carbonyl (C=O) groups is 1. The molecule has 0 radical (unpaired) electrons. The molecule has 0 aliphatic carbocycles. The topological polar surface area (TPSA) is 78.5 Å². The molecule has 3 rings (SSSR count). The van der Waals surface area contributed by atoms with E-state index in [0.29, 0.717) is 69.5 Å². The zero-order valence-corrected chi connectivity index (χ0v) is 15.3. The Hall–Kier alpha value is -2.19. The maximum Gasteiger partial charge on any atom is 0.317 e. The van der Waals surface area contributed by atoms with Crippen molar-refractivity contribution in [3.63, 3.8) is 0 Å². The minimum absolute atomic E-state index is 0.0929. The molecule has 0 atom stereocenters. The molecule has 144 valence electrons. The zero-order valence-electron chi connectivity index (χ0n) is 15.3. The first kappa shape index (κ1) is 18.6. The highest BCUT2D eigenvalue weighted by Crippen LogP contribution is 2.31. The third-order valence-corrected chi connectivity index (χ3v) is 4.60. The van der Waals surface area contributed by atoms with Crippen LogP contribution in [0.2, 0.25) is 0 Å². The van der Waals surface area contributed by atoms with Crippen molar-refractivity contribution in [1.29, 1.82) is 0 Å². The van der Waals surface area contributed by atoms with Crippen LogP contribution < -0.4 is 19.5 Å². The molecule has 8 nitrogen and oxygen atoms in total. The van der Waals surface area contributed by atoms with Crippen LogP contribution in [0.4, 0.5) is 4.79 Å². The Bertz CT molecular complexity index is 585. The van der Waals surface area contributed by atoms with E-state index in [-0.39, 0.29) is 6.03 Å². The molecule has 2 aliphatic rings. The Morgan fingerprint density at radius 1 is 1.08 bits per heavy atom. The average Bonchev–Trinajstić information content (AvgIpc) is 3.13. The summed E-state index contributed by atoms with van der Waals surface area (Å²) in [5.74, 6) is 1.47. The van der Waals surface area contributed by atoms with Gasteiger partial charge in [0.2, 0.25) is 0 Å². The quantitative estimate of drug-likeness (QED) is 0.771. The highest BCUT2D eigenvalue weighted by molar-refractivity contribution is 5.74. The number of rotatable bonds is 6. The molecule has 1 aromatic carbocycles. The van der Waals surface area contributed by atoms with Crippen molar-refractivity contribution in [2.24, 2.45) is 0 Å². The first-order valence-corrected chi connectivity index (χ1v) is 8.81. The molecule has 2 fully saturated rings. The van der Waals surface area contributed by atoms with Crippen LogP contribution in [-0.4, -0.2) is 70.4 Å². The van der Waals surface area contributed by atoms with Crippen molar-refractivity contribution in [3.8, 4) is 17.2 Å². The maximum atomic E-state index is 12.3. The first-order chi connectivity index (χ1) is 12.6. The van der Waals surface area contributed by atoms with Gasteiger partial charge in [0.05, 0.1) is 34.0 Å². The van der Waals surface area contributed by atoms with Gasteiger partial charge in [0, 0.05) is 44.1 Å². The standard InChI is InChI=1S/C18H26N2O6/c1-22-14-11-15(23-2)13-16(12-14)24-8-5-19-17(21)20-6-3-18(4-7-20)25-9-10-26-18/h11-13H,3-10H2,1-2H3,(H,19,21). The summed E-state index contributed by atoms with van der Waals surface area (Å²) < 4.78 is 27.4. The number of piperidine rings is 1. The second-order valence-electron chi connectivity index (χ2n) is 6.22. The van der Waals surface area contributed by atoms with Crippen LogP contribution in [0.5, 0.6) is 17.2 Å². The summed E-state index contributed by atoms with van der Waals surface area (Å²) in [6.45, 7) is 3.29. The Kier molecular flexibility index (Phi) is 6.05. The number of nitrogens with zero attached hydrogens (tertiary/aromatic N) is 1. The van der Waals surface area contributed by atoms with Crippen molar-refractivity contribution >= 4 is 6.03 Å². The average molecular weight is 366 g/mol. The van der Waals surface area contributed by atoms with Gasteiger partial charge in [-0.15, -0.1) is 0 Å². The molecule has 0 bridgehead atoms. The number of methoxy groups -OCH3 is 2. The van der Waals surface area contributed by atoms with Gasteiger partial charge < -0.3 is 33.9 Å². The van der Waals surface area contributed by atoms with Crippen LogP contribution in [-0.2, 0) is 9.47 Å². The van der Waals surface area contributed by atoms with E-state index in [1.807, 2.05) is 0 Å². The van der Waals surface area contributed by atoms with Crippen LogP contribution in [0.3, 0.4) is 0 Å². The molecule has 2 saturated heterocycles. The van der Waals surface area contributed by atoms with Gasteiger partial charge in [0.25, 0.3) is 0 Å². The largest absolute Gasteiger partial charge is 0.496 e. The second kappa shape index (κ2) is 8.46. The molecule has 8 heteroatoms. The van der Waals surface area contributed by atoms with Gasteiger partial charge >= 0.3 is 6.03 Å². The third-order valence-electron chi connectivity index (χ3n) is 4.60. The van der Waals surface area contributed by atoms with Gasteiger partial charge in [0.15, 0.2) is 5.79 Å². The van der Waals surface area contributed by atoms with E-state index < -0.39 is 5.79 Å². The fourth-order valence-electron chi connectivity index (χ4n) is 3.14. The third kappa shape index (κ3) is 4.50. The van der Waals surface area contributed by atoms with E-state index in [1.54, 1.807) is 37.3 Å². The maximum absolute atomic E-state index is 12.3. The van der Waals surface area contributed by atoms with Crippen molar-refractivity contribution in [3.05, 3.63) is 18.2 Å². The van der Waals surface area contributed by atoms with Crippen LogP contribution >= 0.6 is 0 Å². The van der Waals surface area contributed by atoms with Gasteiger partial charge in [-0.25, -0.2) is 4.79 Å². The summed E-state index contributed by atoms with van der Waals surface area (Å²) in [6, 6.07) is 5.23. The van der Waals surface area contributed by atoms with E-state index in [2.05, 4.69) is 5.32 Å². The number of benzene rings is 1. The highest BCUT2D eigenvalue weighted by atomic mass is 16.7. The zero-order chi connectivity index (χ0) is 18.4. The monoisotopic (exact) mass is 366 g/mol. The summed E-state index contributed by atoms with van der Waals surface area (Å²) in [7, 11) is 3.17. The van der Waals surface area contributed by atoms with Gasteiger partial charge in [0.1, 0.15) is 23.9 Å². The lowest BCUT2D eigenvalue weighted by Gasteiger charge is -2.37. The number of urea groups is 1. The molecule has 0 unspecified atom stereocenters. The first-order valence-electron chi connectivity index (χ1n) is 8.81. The molecule has 1 spiro atoms. The smallest absolute Gasteiger partial charge is 0.317 e. The Morgan fingerprint density at radius 3 is 2.23 bits per heavy atom. The number of ether oxygens (including phenoxy) is 5. The minimum atomic E-state index is -0.467. The molecule has 2 heterocycles. The van der Waals surface area contributed by atoms with Crippen LogP contribution in [0, 0.1) is 0 Å². The summed E-state index contributed by atoms with van der Waals surface area (Å²) in [6.07, 6.45) is 1.42. The molecular formula is C18H26N2O6. The number of nitrogens with one attached hydrogen (secondary N) is 1. The Balaban J connectivity index is 1.39. The normalized spacial score (nSPS) is 18.6. The van der Waals surface area contributed by atoms with Gasteiger partial charge in [-0.3, -0.25) is 0 Å². The van der Waals surface area contributed by atoms with Crippen LogP contribution in [0.15, 0.2) is 18.2 Å². The predicted molar refractivity (Wildman–Crippen MR) is 93.9 cm³/mol. The molecular weight excluding hydrogens is 340 g/mol. The molecule has 0 aromatic heterocycles. The van der Waals surface area contributed by atoms with Crippen molar-refractivity contribution in [2.45, 2.75) is 18.6 Å². The molecule has 1 N–H and O–H groups in total. The summed E-state index contributed by atoms with van der Waals surface area (Å²) in [5, 5.41) is 2.88. The molecule has 1 aromatic rings. The van der Waals surface area contributed by atoms with Gasteiger partial charge in [-0.05, 0) is 0 Å². The molecule has 2 amide bonds. The summed E-state index contributed by atoms with van der Waals surface area (Å²) in [4.78, 5) is 14.0. The molecule has 26 heavy (non-hydrogen) atoms. The van der Waals surface area contributed by atoms with Crippen LogP contribution in [0.25, 0.3) is 0 Å². The van der Waals surface area contributed by atoms with E-state index in [1.165, 1.54) is 0 Å². The predicted octanol–water partition coefficient (Wildman–Crippen LogP) is 1.63. The SMILES string of the molecule is COc1cc(OC)cc(OCCNC(=O)N2CCC3(CC2)OCCO3)c1. The summed E-state index contributed by atoms with van der Waals surface area (Å²) >= 11 is 0. The fourth-order valence-corrected chi connectivity index (χ4v) is 3.14. The lowest BCUT2D eigenvalue weighted by atomic mass is 10.0. The van der Waals surface area contributed by atoms with E-state index in [9.17, 15) is 4.79 Å². The molecule has 2 aliphatic heterocycles. The van der Waals surface area contributed by atoms with Crippen molar-refractivity contribution in [2.75, 3.05) is 53.7 Å². The van der Waals surface area contributed by atoms with Crippen LogP contribution in [0.1, 0.15) is 12.8 Å². The Labute approximate surface area is 153 Å². The lowest BCUT2D eigenvalue weighted by molar-refractivity contribution is -0.181. The number of likely N-dealkylation sites (tertiary alicyclic amines) is 1. The summed E-state index contributed by atoms with van der Waals surface area (Å²) in [5.41, 5.74) is 0. The second-order valence-corrected chi connectivity index (χ2v) is 6.22.